The Morgan fingerprint density at radius 3 is 2.79 bits per heavy atom. The van der Waals surface area contributed by atoms with Gasteiger partial charge in [-0.15, -0.1) is 0 Å². The smallest absolute Gasteiger partial charge is 0.150 e. The lowest BCUT2D eigenvalue weighted by Crippen LogP contribution is -2.20. The molecule has 1 fully saturated rings. The molecule has 0 spiro atoms. The molecule has 106 valence electrons. The molecule has 0 saturated carbocycles. The van der Waals surface area contributed by atoms with Gasteiger partial charge < -0.3 is 0 Å². The van der Waals surface area contributed by atoms with Crippen LogP contribution >= 0.6 is 27.5 Å². The van der Waals surface area contributed by atoms with E-state index in [1.807, 2.05) is 0 Å². The minimum atomic E-state index is -2.89. The molecule has 0 aromatic heterocycles. The summed E-state index contributed by atoms with van der Waals surface area (Å²) < 4.78 is 36.5. The summed E-state index contributed by atoms with van der Waals surface area (Å²) in [7, 11) is -2.89. The van der Waals surface area contributed by atoms with Gasteiger partial charge in [-0.1, -0.05) is 39.7 Å². The number of alkyl halides is 1. The second-order valence-corrected chi connectivity index (χ2v) is 8.25. The molecular formula is C13H15BrClFO2S. The first-order chi connectivity index (χ1) is 8.93. The van der Waals surface area contributed by atoms with Crippen molar-refractivity contribution in [3.63, 3.8) is 0 Å². The third-order valence-corrected chi connectivity index (χ3v) is 6.69. The fraction of sp³-hybridized carbons (Fsp3) is 0.538. The number of halogens is 3. The standard InChI is InChI=1S/C13H15BrClFO2S/c14-7-11(10-4-5-19(17,18)8-10)6-9-2-1-3-12(16)13(9)15/h1-3,10-11H,4-8H2. The van der Waals surface area contributed by atoms with E-state index in [1.165, 1.54) is 6.07 Å². The molecule has 0 aliphatic carbocycles. The van der Waals surface area contributed by atoms with Crippen LogP contribution in [0.25, 0.3) is 0 Å². The van der Waals surface area contributed by atoms with Crippen LogP contribution in [0.1, 0.15) is 12.0 Å². The van der Waals surface area contributed by atoms with Gasteiger partial charge in [-0.05, 0) is 36.3 Å². The van der Waals surface area contributed by atoms with Crippen LogP contribution in [0.3, 0.4) is 0 Å². The van der Waals surface area contributed by atoms with Crippen LogP contribution < -0.4 is 0 Å². The fourth-order valence-corrected chi connectivity index (χ4v) is 5.41. The molecule has 2 nitrogen and oxygen atoms in total. The van der Waals surface area contributed by atoms with Gasteiger partial charge in [0.2, 0.25) is 0 Å². The minimum Gasteiger partial charge on any atom is -0.229 e. The second-order valence-electron chi connectivity index (χ2n) is 4.99. The molecule has 0 N–H and O–H groups in total. The molecule has 0 radical (unpaired) electrons. The number of hydrogen-bond acceptors (Lipinski definition) is 2. The molecule has 2 atom stereocenters. The molecule has 0 bridgehead atoms. The van der Waals surface area contributed by atoms with Crippen molar-refractivity contribution in [2.45, 2.75) is 12.8 Å². The van der Waals surface area contributed by atoms with Crippen molar-refractivity contribution in [3.05, 3.63) is 34.6 Å². The molecule has 6 heteroatoms. The Balaban J connectivity index is 2.14. The van der Waals surface area contributed by atoms with E-state index in [2.05, 4.69) is 15.9 Å². The lowest BCUT2D eigenvalue weighted by molar-refractivity contribution is 0.401. The Morgan fingerprint density at radius 1 is 1.47 bits per heavy atom. The highest BCUT2D eigenvalue weighted by molar-refractivity contribution is 9.09. The van der Waals surface area contributed by atoms with Gasteiger partial charge in [0.25, 0.3) is 0 Å². The van der Waals surface area contributed by atoms with Crippen molar-refractivity contribution in [1.29, 1.82) is 0 Å². The molecule has 1 aliphatic rings. The van der Waals surface area contributed by atoms with Gasteiger partial charge in [0.05, 0.1) is 16.5 Å². The zero-order valence-corrected chi connectivity index (χ0v) is 13.4. The molecule has 1 aliphatic heterocycles. The van der Waals surface area contributed by atoms with Crippen molar-refractivity contribution in [2.24, 2.45) is 11.8 Å². The lowest BCUT2D eigenvalue weighted by atomic mass is 9.88. The summed E-state index contributed by atoms with van der Waals surface area (Å²) in [6.07, 6.45) is 1.29. The molecule has 1 saturated heterocycles. The second kappa shape index (κ2) is 6.10. The molecule has 2 rings (SSSR count). The summed E-state index contributed by atoms with van der Waals surface area (Å²) in [5.41, 5.74) is 0.746. The predicted octanol–water partition coefficient (Wildman–Crippen LogP) is 3.47. The normalized spacial score (nSPS) is 23.4. The van der Waals surface area contributed by atoms with E-state index in [0.29, 0.717) is 18.2 Å². The Bertz CT molecular complexity index is 562. The summed E-state index contributed by atoms with van der Waals surface area (Å²) in [6, 6.07) is 4.76. The topological polar surface area (TPSA) is 34.1 Å². The Hall–Kier alpha value is -0.130. The van der Waals surface area contributed by atoms with Crippen molar-refractivity contribution in [2.75, 3.05) is 16.8 Å². The van der Waals surface area contributed by atoms with Crippen LogP contribution in [-0.2, 0) is 16.3 Å². The SMILES string of the molecule is O=S1(=O)CCC(C(CBr)Cc2cccc(F)c2Cl)C1. The quantitative estimate of drug-likeness (QED) is 0.762. The largest absolute Gasteiger partial charge is 0.229 e. The number of rotatable bonds is 4. The van der Waals surface area contributed by atoms with E-state index in [-0.39, 0.29) is 28.4 Å². The van der Waals surface area contributed by atoms with Gasteiger partial charge in [-0.2, -0.15) is 0 Å². The van der Waals surface area contributed by atoms with Crippen LogP contribution in [0.5, 0.6) is 0 Å². The van der Waals surface area contributed by atoms with Gasteiger partial charge in [-0.3, -0.25) is 0 Å². The minimum absolute atomic E-state index is 0.128. The van der Waals surface area contributed by atoms with Crippen LogP contribution in [0.2, 0.25) is 5.02 Å². The van der Waals surface area contributed by atoms with Crippen LogP contribution in [0, 0.1) is 17.7 Å². The lowest BCUT2D eigenvalue weighted by Gasteiger charge is -2.20. The third kappa shape index (κ3) is 3.70. The van der Waals surface area contributed by atoms with Crippen LogP contribution in [-0.4, -0.2) is 25.3 Å². The van der Waals surface area contributed by atoms with Gasteiger partial charge >= 0.3 is 0 Å². The highest BCUT2D eigenvalue weighted by Crippen LogP contribution is 2.32. The molecule has 1 heterocycles. The highest BCUT2D eigenvalue weighted by atomic mass is 79.9. The van der Waals surface area contributed by atoms with Gasteiger partial charge in [0.15, 0.2) is 9.84 Å². The van der Waals surface area contributed by atoms with Crippen LogP contribution in [0.4, 0.5) is 4.39 Å². The van der Waals surface area contributed by atoms with Crippen LogP contribution in [0.15, 0.2) is 18.2 Å². The predicted molar refractivity (Wildman–Crippen MR) is 79.2 cm³/mol. The Kier molecular flexibility index (Phi) is 4.90. The van der Waals surface area contributed by atoms with E-state index >= 15 is 0 Å². The molecule has 1 aromatic rings. The summed E-state index contributed by atoms with van der Waals surface area (Å²) in [5, 5.41) is 0.842. The number of benzene rings is 1. The van der Waals surface area contributed by atoms with Crippen molar-refractivity contribution < 1.29 is 12.8 Å². The first-order valence-electron chi connectivity index (χ1n) is 6.12. The zero-order chi connectivity index (χ0) is 14.0. The van der Waals surface area contributed by atoms with E-state index in [0.717, 1.165) is 5.56 Å². The summed E-state index contributed by atoms with van der Waals surface area (Å²) in [5.74, 6) is 0.362. The maximum atomic E-state index is 13.4. The molecule has 19 heavy (non-hydrogen) atoms. The van der Waals surface area contributed by atoms with Crippen molar-refractivity contribution >= 4 is 37.4 Å². The molecule has 1 aromatic carbocycles. The van der Waals surface area contributed by atoms with E-state index < -0.39 is 15.7 Å². The highest BCUT2D eigenvalue weighted by Gasteiger charge is 2.33. The molecular weight excluding hydrogens is 355 g/mol. The molecule has 0 amide bonds. The first kappa shape index (κ1) is 15.3. The fourth-order valence-electron chi connectivity index (χ4n) is 2.53. The summed E-state index contributed by atoms with van der Waals surface area (Å²) in [4.78, 5) is 0. The van der Waals surface area contributed by atoms with E-state index in [1.54, 1.807) is 12.1 Å². The summed E-state index contributed by atoms with van der Waals surface area (Å²) in [6.45, 7) is 0. The first-order valence-corrected chi connectivity index (χ1v) is 9.44. The van der Waals surface area contributed by atoms with E-state index in [4.69, 9.17) is 11.6 Å². The van der Waals surface area contributed by atoms with Gasteiger partial charge in [0.1, 0.15) is 5.82 Å². The average molecular weight is 370 g/mol. The Labute approximate surface area is 126 Å². The number of sulfone groups is 1. The molecule has 2 unspecified atom stereocenters. The monoisotopic (exact) mass is 368 g/mol. The van der Waals surface area contributed by atoms with Crippen molar-refractivity contribution in [3.8, 4) is 0 Å². The van der Waals surface area contributed by atoms with E-state index in [9.17, 15) is 12.8 Å². The maximum Gasteiger partial charge on any atom is 0.150 e. The third-order valence-electron chi connectivity index (χ3n) is 3.65. The van der Waals surface area contributed by atoms with Gasteiger partial charge in [-0.25, -0.2) is 12.8 Å². The Morgan fingerprint density at radius 2 is 2.21 bits per heavy atom. The average Bonchev–Trinajstić information content (AvgIpc) is 2.71. The zero-order valence-electron chi connectivity index (χ0n) is 10.3. The van der Waals surface area contributed by atoms with Gasteiger partial charge in [0, 0.05) is 5.33 Å². The van der Waals surface area contributed by atoms with Crippen molar-refractivity contribution in [1.82, 2.24) is 0 Å². The number of hydrogen-bond donors (Lipinski definition) is 0. The maximum absolute atomic E-state index is 13.4. The summed E-state index contributed by atoms with van der Waals surface area (Å²) >= 11 is 9.38.